The molecule has 3 heteroatoms. The third-order valence-corrected chi connectivity index (χ3v) is 2.34. The molecule has 0 unspecified atom stereocenters. The van der Waals surface area contributed by atoms with E-state index in [4.69, 9.17) is 0 Å². The summed E-state index contributed by atoms with van der Waals surface area (Å²) in [6, 6.07) is 13.7. The van der Waals surface area contributed by atoms with Crippen molar-refractivity contribution in [1.29, 1.82) is 0 Å². The lowest BCUT2D eigenvalue weighted by Crippen LogP contribution is -2.36. The number of amides is 1. The maximum Gasteiger partial charge on any atom is 0.265 e. The molecule has 0 radical (unpaired) electrons. The standard InChI is InChI=1S/C13H14N2O/c1-15(2)14-13(16)12-8-7-10-5-3-4-6-11(10)9-12/h3-9H,1-2H3,(H,14,16). The van der Waals surface area contributed by atoms with Gasteiger partial charge in [-0.1, -0.05) is 30.3 Å². The van der Waals surface area contributed by atoms with Crippen molar-refractivity contribution >= 4 is 16.7 Å². The van der Waals surface area contributed by atoms with Gasteiger partial charge in [0.25, 0.3) is 5.91 Å². The van der Waals surface area contributed by atoms with Crippen LogP contribution in [0, 0.1) is 0 Å². The maximum atomic E-state index is 11.7. The lowest BCUT2D eigenvalue weighted by Gasteiger charge is -2.11. The van der Waals surface area contributed by atoms with Gasteiger partial charge in [0.1, 0.15) is 0 Å². The Morgan fingerprint density at radius 1 is 1.06 bits per heavy atom. The van der Waals surface area contributed by atoms with Crippen LogP contribution in [0.2, 0.25) is 0 Å². The van der Waals surface area contributed by atoms with Gasteiger partial charge in [0.2, 0.25) is 0 Å². The Labute approximate surface area is 94.6 Å². The van der Waals surface area contributed by atoms with Crippen molar-refractivity contribution in [3.05, 3.63) is 48.0 Å². The van der Waals surface area contributed by atoms with E-state index in [1.54, 1.807) is 19.1 Å². The molecule has 2 aromatic carbocycles. The number of hydrogen-bond acceptors (Lipinski definition) is 2. The van der Waals surface area contributed by atoms with E-state index < -0.39 is 0 Å². The molecule has 1 amide bonds. The van der Waals surface area contributed by atoms with E-state index in [-0.39, 0.29) is 5.91 Å². The van der Waals surface area contributed by atoms with E-state index in [0.29, 0.717) is 5.56 Å². The number of fused-ring (bicyclic) bond motifs is 1. The van der Waals surface area contributed by atoms with E-state index in [1.807, 2.05) is 42.5 Å². The predicted octanol–water partition coefficient (Wildman–Crippen LogP) is 2.05. The van der Waals surface area contributed by atoms with Gasteiger partial charge in [-0.3, -0.25) is 10.2 Å². The smallest absolute Gasteiger partial charge is 0.265 e. The van der Waals surface area contributed by atoms with Gasteiger partial charge < -0.3 is 0 Å². The summed E-state index contributed by atoms with van der Waals surface area (Å²) in [6.45, 7) is 0. The summed E-state index contributed by atoms with van der Waals surface area (Å²) in [5, 5.41) is 3.86. The molecule has 0 bridgehead atoms. The molecule has 0 fully saturated rings. The molecule has 0 aliphatic carbocycles. The van der Waals surface area contributed by atoms with Crippen molar-refractivity contribution in [1.82, 2.24) is 10.4 Å². The van der Waals surface area contributed by atoms with Gasteiger partial charge in [-0.05, 0) is 22.9 Å². The predicted molar refractivity (Wildman–Crippen MR) is 65.1 cm³/mol. The second-order valence-corrected chi connectivity index (χ2v) is 3.90. The second kappa shape index (κ2) is 4.33. The molecule has 2 rings (SSSR count). The molecule has 0 atom stereocenters. The van der Waals surface area contributed by atoms with Crippen molar-refractivity contribution in [3.63, 3.8) is 0 Å². The Bertz CT molecular complexity index is 520. The lowest BCUT2D eigenvalue weighted by atomic mass is 10.1. The summed E-state index contributed by atoms with van der Waals surface area (Å²) in [7, 11) is 3.58. The van der Waals surface area contributed by atoms with Crippen LogP contribution in [0.15, 0.2) is 42.5 Å². The minimum absolute atomic E-state index is 0.0873. The van der Waals surface area contributed by atoms with Crippen LogP contribution in [-0.4, -0.2) is 25.0 Å². The molecule has 16 heavy (non-hydrogen) atoms. The fourth-order valence-corrected chi connectivity index (χ4v) is 1.60. The fraction of sp³-hybridized carbons (Fsp3) is 0.154. The number of hydrazine groups is 1. The largest absolute Gasteiger partial charge is 0.285 e. The molecule has 0 aromatic heterocycles. The van der Waals surface area contributed by atoms with E-state index in [1.165, 1.54) is 0 Å². The van der Waals surface area contributed by atoms with E-state index in [9.17, 15) is 4.79 Å². The number of nitrogens with zero attached hydrogens (tertiary/aromatic N) is 1. The van der Waals surface area contributed by atoms with Crippen molar-refractivity contribution in [2.75, 3.05) is 14.1 Å². The molecular formula is C13H14N2O. The highest BCUT2D eigenvalue weighted by Crippen LogP contribution is 2.15. The summed E-state index contributed by atoms with van der Waals surface area (Å²) in [4.78, 5) is 11.7. The zero-order valence-corrected chi connectivity index (χ0v) is 9.40. The first-order valence-corrected chi connectivity index (χ1v) is 5.14. The first-order chi connectivity index (χ1) is 7.66. The van der Waals surface area contributed by atoms with Crippen LogP contribution in [0.1, 0.15) is 10.4 Å². The fourth-order valence-electron chi connectivity index (χ4n) is 1.60. The van der Waals surface area contributed by atoms with E-state index in [0.717, 1.165) is 10.8 Å². The Morgan fingerprint density at radius 3 is 2.44 bits per heavy atom. The lowest BCUT2D eigenvalue weighted by molar-refractivity contribution is 0.0857. The third kappa shape index (κ3) is 2.20. The van der Waals surface area contributed by atoms with Gasteiger partial charge in [-0.25, -0.2) is 5.01 Å². The maximum absolute atomic E-state index is 11.7. The molecule has 0 saturated carbocycles. The van der Waals surface area contributed by atoms with Gasteiger partial charge in [-0.2, -0.15) is 0 Å². The topological polar surface area (TPSA) is 32.3 Å². The highest BCUT2D eigenvalue weighted by Gasteiger charge is 2.06. The zero-order chi connectivity index (χ0) is 11.5. The summed E-state index contributed by atoms with van der Waals surface area (Å²) in [6.07, 6.45) is 0. The molecule has 1 N–H and O–H groups in total. The van der Waals surface area contributed by atoms with Crippen LogP contribution in [0.25, 0.3) is 10.8 Å². The molecule has 0 saturated heterocycles. The normalized spacial score (nSPS) is 10.7. The molecule has 0 spiro atoms. The average Bonchev–Trinajstić information content (AvgIpc) is 2.27. The molecule has 3 nitrogen and oxygen atoms in total. The summed E-state index contributed by atoms with van der Waals surface area (Å²) < 4.78 is 0. The number of benzene rings is 2. The summed E-state index contributed by atoms with van der Waals surface area (Å²) >= 11 is 0. The highest BCUT2D eigenvalue weighted by atomic mass is 16.2. The Morgan fingerprint density at radius 2 is 1.75 bits per heavy atom. The van der Waals surface area contributed by atoms with Crippen LogP contribution in [0.3, 0.4) is 0 Å². The van der Waals surface area contributed by atoms with Crippen LogP contribution in [-0.2, 0) is 0 Å². The third-order valence-electron chi connectivity index (χ3n) is 2.34. The average molecular weight is 214 g/mol. The van der Waals surface area contributed by atoms with Crippen molar-refractivity contribution in [3.8, 4) is 0 Å². The Kier molecular flexibility index (Phi) is 2.88. The molecule has 2 aromatic rings. The number of rotatable bonds is 2. The second-order valence-electron chi connectivity index (χ2n) is 3.90. The van der Waals surface area contributed by atoms with Crippen LogP contribution in [0.5, 0.6) is 0 Å². The number of nitrogens with one attached hydrogen (secondary N) is 1. The molecular weight excluding hydrogens is 200 g/mol. The van der Waals surface area contributed by atoms with Gasteiger partial charge in [0, 0.05) is 19.7 Å². The van der Waals surface area contributed by atoms with Gasteiger partial charge in [0.15, 0.2) is 0 Å². The number of hydrogen-bond donors (Lipinski definition) is 1. The SMILES string of the molecule is CN(C)NC(=O)c1ccc2ccccc2c1. The van der Waals surface area contributed by atoms with Gasteiger partial charge >= 0.3 is 0 Å². The minimum Gasteiger partial charge on any atom is -0.285 e. The molecule has 82 valence electrons. The Balaban J connectivity index is 2.35. The van der Waals surface area contributed by atoms with E-state index >= 15 is 0 Å². The number of carbonyl (C=O) groups excluding carboxylic acids is 1. The highest BCUT2D eigenvalue weighted by molar-refractivity contribution is 5.98. The first kappa shape index (κ1) is 10.6. The molecule has 0 aliphatic heterocycles. The zero-order valence-electron chi connectivity index (χ0n) is 9.40. The van der Waals surface area contributed by atoms with Crippen molar-refractivity contribution in [2.45, 2.75) is 0 Å². The first-order valence-electron chi connectivity index (χ1n) is 5.14. The van der Waals surface area contributed by atoms with Gasteiger partial charge in [0.05, 0.1) is 0 Å². The van der Waals surface area contributed by atoms with Crippen LogP contribution in [0.4, 0.5) is 0 Å². The quantitative estimate of drug-likeness (QED) is 0.776. The molecule has 0 aliphatic rings. The monoisotopic (exact) mass is 214 g/mol. The van der Waals surface area contributed by atoms with E-state index in [2.05, 4.69) is 5.43 Å². The summed E-state index contributed by atoms with van der Waals surface area (Å²) in [5.41, 5.74) is 3.39. The number of carbonyl (C=O) groups is 1. The van der Waals surface area contributed by atoms with Crippen molar-refractivity contribution in [2.24, 2.45) is 0 Å². The molecule has 0 heterocycles. The van der Waals surface area contributed by atoms with Crippen LogP contribution >= 0.6 is 0 Å². The Hall–Kier alpha value is -1.87. The van der Waals surface area contributed by atoms with Gasteiger partial charge in [-0.15, -0.1) is 0 Å². The summed E-state index contributed by atoms with van der Waals surface area (Å²) in [5.74, 6) is -0.0873. The van der Waals surface area contributed by atoms with Crippen LogP contribution < -0.4 is 5.43 Å². The minimum atomic E-state index is -0.0873. The van der Waals surface area contributed by atoms with Crippen molar-refractivity contribution < 1.29 is 4.79 Å².